The lowest BCUT2D eigenvalue weighted by molar-refractivity contribution is -0.137. The monoisotopic (exact) mass is 298 g/mol. The SMILES string of the molecule is COc1ccccc1S(=O)(=O)NC1CC(=O)N(C)C1=O. The number of hydrogen-bond donors (Lipinski definition) is 1. The molecule has 2 amide bonds. The third-order valence-electron chi connectivity index (χ3n) is 3.04. The average molecular weight is 298 g/mol. The molecule has 1 aliphatic heterocycles. The van der Waals surface area contributed by atoms with Crippen LogP contribution < -0.4 is 9.46 Å². The first-order valence-corrected chi connectivity index (χ1v) is 7.31. The van der Waals surface area contributed by atoms with Gasteiger partial charge in [0.2, 0.25) is 21.8 Å². The molecule has 1 fully saturated rings. The first-order chi connectivity index (χ1) is 9.36. The van der Waals surface area contributed by atoms with Crippen LogP contribution in [0.5, 0.6) is 5.75 Å². The van der Waals surface area contributed by atoms with Crippen LogP contribution in [0.25, 0.3) is 0 Å². The molecule has 1 N–H and O–H groups in total. The number of imide groups is 1. The molecule has 2 rings (SSSR count). The van der Waals surface area contributed by atoms with Gasteiger partial charge in [0.25, 0.3) is 0 Å². The number of methoxy groups -OCH3 is 1. The Kier molecular flexibility index (Phi) is 3.78. The van der Waals surface area contributed by atoms with Crippen molar-refractivity contribution in [2.45, 2.75) is 17.4 Å². The molecular weight excluding hydrogens is 284 g/mol. The van der Waals surface area contributed by atoms with Gasteiger partial charge in [-0.15, -0.1) is 0 Å². The molecule has 108 valence electrons. The molecule has 1 heterocycles. The highest BCUT2D eigenvalue weighted by atomic mass is 32.2. The lowest BCUT2D eigenvalue weighted by atomic mass is 10.3. The third-order valence-corrected chi connectivity index (χ3v) is 4.55. The number of hydrogen-bond acceptors (Lipinski definition) is 5. The van der Waals surface area contributed by atoms with Gasteiger partial charge in [0, 0.05) is 7.05 Å². The number of rotatable bonds is 4. The molecule has 1 aromatic rings. The first kappa shape index (κ1) is 14.5. The second-order valence-corrected chi connectivity index (χ2v) is 6.00. The van der Waals surface area contributed by atoms with E-state index in [0.717, 1.165) is 4.90 Å². The summed E-state index contributed by atoms with van der Waals surface area (Å²) in [6, 6.07) is 4.98. The van der Waals surface area contributed by atoms with E-state index in [1.54, 1.807) is 12.1 Å². The minimum Gasteiger partial charge on any atom is -0.495 e. The summed E-state index contributed by atoms with van der Waals surface area (Å²) in [5.74, 6) is -0.804. The van der Waals surface area contributed by atoms with Crippen molar-refractivity contribution in [2.24, 2.45) is 0 Å². The standard InChI is InChI=1S/C12H14N2O5S/c1-14-11(15)7-8(12(14)16)13-20(17,18)10-6-4-3-5-9(10)19-2/h3-6,8,13H,7H2,1-2H3. The van der Waals surface area contributed by atoms with Crippen LogP contribution in [0.2, 0.25) is 0 Å². The second kappa shape index (κ2) is 5.22. The van der Waals surface area contributed by atoms with Gasteiger partial charge in [0.05, 0.1) is 13.5 Å². The van der Waals surface area contributed by atoms with Crippen molar-refractivity contribution in [3.05, 3.63) is 24.3 Å². The van der Waals surface area contributed by atoms with E-state index in [9.17, 15) is 18.0 Å². The van der Waals surface area contributed by atoms with E-state index in [-0.39, 0.29) is 17.1 Å². The van der Waals surface area contributed by atoms with Crippen LogP contribution in [0.15, 0.2) is 29.2 Å². The Balaban J connectivity index is 2.29. The number of likely N-dealkylation sites (tertiary alicyclic amines) is 1. The van der Waals surface area contributed by atoms with Crippen LogP contribution in [0.1, 0.15) is 6.42 Å². The van der Waals surface area contributed by atoms with E-state index in [0.29, 0.717) is 0 Å². The fourth-order valence-corrected chi connectivity index (χ4v) is 3.30. The zero-order valence-corrected chi connectivity index (χ0v) is 11.8. The van der Waals surface area contributed by atoms with E-state index in [1.807, 2.05) is 0 Å². The minimum absolute atomic E-state index is 0.0719. The van der Waals surface area contributed by atoms with Gasteiger partial charge >= 0.3 is 0 Å². The highest BCUT2D eigenvalue weighted by Crippen LogP contribution is 2.24. The van der Waals surface area contributed by atoms with Gasteiger partial charge in [0.15, 0.2) is 0 Å². The van der Waals surface area contributed by atoms with Crippen molar-refractivity contribution in [1.82, 2.24) is 9.62 Å². The van der Waals surface area contributed by atoms with E-state index in [2.05, 4.69) is 4.72 Å². The molecule has 1 atom stereocenters. The van der Waals surface area contributed by atoms with Crippen molar-refractivity contribution in [3.63, 3.8) is 0 Å². The third kappa shape index (κ3) is 2.52. The molecular formula is C12H14N2O5S. The number of nitrogens with zero attached hydrogens (tertiary/aromatic N) is 1. The zero-order valence-electron chi connectivity index (χ0n) is 11.0. The zero-order chi connectivity index (χ0) is 14.9. The van der Waals surface area contributed by atoms with Gasteiger partial charge in [-0.25, -0.2) is 8.42 Å². The number of benzene rings is 1. The van der Waals surface area contributed by atoms with Gasteiger partial charge in [-0.3, -0.25) is 14.5 Å². The molecule has 1 aliphatic rings. The molecule has 20 heavy (non-hydrogen) atoms. The summed E-state index contributed by atoms with van der Waals surface area (Å²) in [6.07, 6.45) is -0.177. The Bertz CT molecular complexity index is 656. The van der Waals surface area contributed by atoms with Crippen LogP contribution in [-0.2, 0) is 19.6 Å². The maximum Gasteiger partial charge on any atom is 0.247 e. The van der Waals surface area contributed by atoms with Crippen LogP contribution in [0.3, 0.4) is 0 Å². The number of likely N-dealkylation sites (N-methyl/N-ethyl adjacent to an activating group) is 1. The summed E-state index contributed by atoms with van der Waals surface area (Å²) in [4.78, 5) is 24.0. The van der Waals surface area contributed by atoms with Crippen molar-refractivity contribution < 1.29 is 22.7 Å². The maximum absolute atomic E-state index is 12.3. The Morgan fingerprint density at radius 3 is 2.50 bits per heavy atom. The molecule has 7 nitrogen and oxygen atoms in total. The number of sulfonamides is 1. The topological polar surface area (TPSA) is 92.8 Å². The van der Waals surface area contributed by atoms with Crippen molar-refractivity contribution in [1.29, 1.82) is 0 Å². The lowest BCUT2D eigenvalue weighted by Crippen LogP contribution is -2.40. The van der Waals surface area contributed by atoms with Crippen LogP contribution in [0, 0.1) is 0 Å². The Morgan fingerprint density at radius 1 is 1.30 bits per heavy atom. The molecule has 0 spiro atoms. The summed E-state index contributed by atoms with van der Waals surface area (Å²) < 4.78 is 31.7. The van der Waals surface area contributed by atoms with Crippen LogP contribution in [0.4, 0.5) is 0 Å². The van der Waals surface area contributed by atoms with Crippen LogP contribution >= 0.6 is 0 Å². The Morgan fingerprint density at radius 2 is 1.95 bits per heavy atom. The number of amides is 2. The number of ether oxygens (including phenoxy) is 1. The van der Waals surface area contributed by atoms with E-state index in [1.165, 1.54) is 26.3 Å². The predicted octanol–water partition coefficient (Wildman–Crippen LogP) is -0.269. The molecule has 0 saturated carbocycles. The Hall–Kier alpha value is -1.93. The second-order valence-electron chi connectivity index (χ2n) is 4.32. The van der Waals surface area contributed by atoms with Gasteiger partial charge < -0.3 is 4.74 Å². The van der Waals surface area contributed by atoms with E-state index >= 15 is 0 Å². The van der Waals surface area contributed by atoms with E-state index < -0.39 is 27.9 Å². The molecule has 0 radical (unpaired) electrons. The van der Waals surface area contributed by atoms with Crippen LogP contribution in [-0.4, -0.2) is 45.3 Å². The van der Waals surface area contributed by atoms with Crippen molar-refractivity contribution in [3.8, 4) is 5.75 Å². The minimum atomic E-state index is -3.94. The van der Waals surface area contributed by atoms with Gasteiger partial charge in [0.1, 0.15) is 16.7 Å². The lowest BCUT2D eigenvalue weighted by Gasteiger charge is -2.13. The van der Waals surface area contributed by atoms with Gasteiger partial charge in [-0.2, -0.15) is 4.72 Å². The smallest absolute Gasteiger partial charge is 0.247 e. The highest BCUT2D eigenvalue weighted by molar-refractivity contribution is 7.89. The summed E-state index contributed by atoms with van der Waals surface area (Å²) in [5, 5.41) is 0. The van der Waals surface area contributed by atoms with Crippen molar-refractivity contribution in [2.75, 3.05) is 14.2 Å². The van der Waals surface area contributed by atoms with Gasteiger partial charge in [-0.05, 0) is 12.1 Å². The molecule has 0 bridgehead atoms. The molecule has 1 unspecified atom stereocenters. The summed E-state index contributed by atoms with van der Waals surface area (Å²) in [6.45, 7) is 0. The average Bonchev–Trinajstić information content (AvgIpc) is 2.66. The summed E-state index contributed by atoms with van der Waals surface area (Å²) in [5.41, 5.74) is 0. The molecule has 8 heteroatoms. The fourth-order valence-electron chi connectivity index (χ4n) is 1.94. The van der Waals surface area contributed by atoms with E-state index in [4.69, 9.17) is 4.74 Å². The number of para-hydroxylation sites is 1. The number of carbonyl (C=O) groups is 2. The molecule has 0 aromatic heterocycles. The highest BCUT2D eigenvalue weighted by Gasteiger charge is 2.39. The quantitative estimate of drug-likeness (QED) is 0.772. The maximum atomic E-state index is 12.3. The normalized spacial score (nSPS) is 19.5. The summed E-state index contributed by atoms with van der Waals surface area (Å²) >= 11 is 0. The number of carbonyl (C=O) groups excluding carboxylic acids is 2. The summed E-state index contributed by atoms with van der Waals surface area (Å²) in [7, 11) is -1.27. The molecule has 1 aromatic carbocycles. The predicted molar refractivity (Wildman–Crippen MR) is 69.5 cm³/mol. The molecule has 1 saturated heterocycles. The van der Waals surface area contributed by atoms with Crippen molar-refractivity contribution >= 4 is 21.8 Å². The largest absolute Gasteiger partial charge is 0.495 e. The number of nitrogens with one attached hydrogen (secondary N) is 1. The van der Waals surface area contributed by atoms with Gasteiger partial charge in [-0.1, -0.05) is 12.1 Å². The Labute approximate surface area is 116 Å². The molecule has 0 aliphatic carbocycles. The first-order valence-electron chi connectivity index (χ1n) is 5.82. The fraction of sp³-hybridized carbons (Fsp3) is 0.333.